The molecular weight excluding hydrogens is 547 g/mol. The van der Waals surface area contributed by atoms with Gasteiger partial charge in [0.1, 0.15) is 10.0 Å². The molecule has 0 spiro atoms. The van der Waals surface area contributed by atoms with Crippen molar-refractivity contribution in [3.8, 4) is 0 Å². The summed E-state index contributed by atoms with van der Waals surface area (Å²) in [5, 5.41) is 3.22. The molecule has 0 atom stereocenters. The fourth-order valence-electron chi connectivity index (χ4n) is 2.89. The summed E-state index contributed by atoms with van der Waals surface area (Å²) in [6, 6.07) is 8.98. The lowest BCUT2D eigenvalue weighted by Gasteiger charge is -2.37. The Bertz CT molecular complexity index is 902. The van der Waals surface area contributed by atoms with Gasteiger partial charge in [-0.2, -0.15) is 0 Å². The Morgan fingerprint density at radius 3 is 2.55 bits per heavy atom. The average molecular weight is 571 g/mol. The van der Waals surface area contributed by atoms with Gasteiger partial charge in [-0.25, -0.2) is 18.1 Å². The quantitative estimate of drug-likeness (QED) is 0.239. The summed E-state index contributed by atoms with van der Waals surface area (Å²) in [5.41, 5.74) is 0. The molecule has 29 heavy (non-hydrogen) atoms. The smallest absolute Gasteiger partial charge is 0.250 e. The Morgan fingerprint density at radius 2 is 1.97 bits per heavy atom. The lowest BCUT2D eigenvalue weighted by Crippen LogP contribution is -2.53. The molecule has 1 saturated heterocycles. The minimum Gasteiger partial charge on any atom is -0.355 e. The molecule has 2 aromatic heterocycles. The number of anilines is 1. The molecule has 0 saturated carbocycles. The number of hydrogen-bond acceptors (Lipinski definition) is 6. The predicted molar refractivity (Wildman–Crippen MR) is 129 cm³/mol. The summed E-state index contributed by atoms with van der Waals surface area (Å²) in [4.78, 5) is 13.1. The van der Waals surface area contributed by atoms with Crippen LogP contribution in [0.5, 0.6) is 0 Å². The fraction of sp³-hybridized carbons (Fsp3) is 0.412. The third-order valence-corrected chi connectivity index (χ3v) is 7.46. The number of hydrogen-bond donors (Lipinski definition) is 2. The highest BCUT2D eigenvalue weighted by Gasteiger charge is 2.20. The molecule has 0 unspecified atom stereocenters. The van der Waals surface area contributed by atoms with E-state index >= 15 is 0 Å². The molecule has 0 aliphatic carbocycles. The summed E-state index contributed by atoms with van der Waals surface area (Å²) in [6.45, 7) is 4.02. The highest BCUT2D eigenvalue weighted by molar-refractivity contribution is 14.0. The molecule has 0 radical (unpaired) electrons. The van der Waals surface area contributed by atoms with Crippen LogP contribution < -0.4 is 14.9 Å². The number of pyridine rings is 1. The van der Waals surface area contributed by atoms with Gasteiger partial charge in [0.2, 0.25) is 10.0 Å². The molecule has 8 nitrogen and oxygen atoms in total. The Balaban J connectivity index is 0.00000300. The summed E-state index contributed by atoms with van der Waals surface area (Å²) in [6.07, 6.45) is 1.80. The minimum atomic E-state index is -3.53. The zero-order valence-electron chi connectivity index (χ0n) is 15.9. The Morgan fingerprint density at radius 1 is 1.21 bits per heavy atom. The van der Waals surface area contributed by atoms with Crippen LogP contribution in [0.15, 0.2) is 45.7 Å². The maximum absolute atomic E-state index is 12.2. The molecule has 3 rings (SSSR count). The first-order valence-corrected chi connectivity index (χ1v) is 11.5. The minimum absolute atomic E-state index is 0. The van der Waals surface area contributed by atoms with Gasteiger partial charge in [-0.3, -0.25) is 4.99 Å². The Hall–Kier alpha value is -1.15. The predicted octanol–water partition coefficient (Wildman–Crippen LogP) is 2.09. The topological polar surface area (TPSA) is 89.9 Å². The fourth-order valence-corrected chi connectivity index (χ4v) is 5.45. The van der Waals surface area contributed by atoms with Crippen LogP contribution in [0.2, 0.25) is 4.34 Å². The molecule has 1 aliphatic heterocycles. The van der Waals surface area contributed by atoms with Gasteiger partial charge in [0.15, 0.2) is 5.96 Å². The van der Waals surface area contributed by atoms with E-state index in [1.807, 2.05) is 18.2 Å². The second-order valence-corrected chi connectivity index (χ2v) is 9.80. The van der Waals surface area contributed by atoms with E-state index in [1.165, 1.54) is 6.07 Å². The van der Waals surface area contributed by atoms with Gasteiger partial charge in [0.05, 0.1) is 4.34 Å². The summed E-state index contributed by atoms with van der Waals surface area (Å²) in [7, 11) is -1.80. The van der Waals surface area contributed by atoms with Crippen molar-refractivity contribution in [3.05, 3.63) is 40.9 Å². The summed E-state index contributed by atoms with van der Waals surface area (Å²) < 4.78 is 27.6. The van der Waals surface area contributed by atoms with Crippen molar-refractivity contribution in [1.82, 2.24) is 19.9 Å². The van der Waals surface area contributed by atoms with Gasteiger partial charge >= 0.3 is 0 Å². The largest absolute Gasteiger partial charge is 0.355 e. The van der Waals surface area contributed by atoms with Gasteiger partial charge in [-0.15, -0.1) is 35.3 Å². The van der Waals surface area contributed by atoms with Crippen molar-refractivity contribution >= 4 is 68.7 Å². The van der Waals surface area contributed by atoms with Crippen LogP contribution in [0.1, 0.15) is 0 Å². The number of piperazine rings is 1. The SMILES string of the molecule is CN=C(NCCNS(=O)(=O)c1ccc(Cl)s1)N1CCN(c2ccccn2)CC1.I. The maximum atomic E-state index is 12.2. The molecule has 2 N–H and O–H groups in total. The van der Waals surface area contributed by atoms with E-state index in [4.69, 9.17) is 11.6 Å². The molecule has 1 aliphatic rings. The zero-order chi connectivity index (χ0) is 20.0. The highest BCUT2D eigenvalue weighted by atomic mass is 127. The van der Waals surface area contributed by atoms with Crippen LogP contribution in [0.25, 0.3) is 0 Å². The van der Waals surface area contributed by atoms with Gasteiger partial charge in [0.25, 0.3) is 0 Å². The average Bonchev–Trinajstić information content (AvgIpc) is 3.16. The van der Waals surface area contributed by atoms with Crippen LogP contribution in [-0.2, 0) is 10.0 Å². The maximum Gasteiger partial charge on any atom is 0.250 e. The van der Waals surface area contributed by atoms with E-state index in [9.17, 15) is 8.42 Å². The number of thiophene rings is 1. The molecular formula is C17H24ClIN6O2S2. The lowest BCUT2D eigenvalue weighted by molar-refractivity contribution is 0.372. The first-order valence-electron chi connectivity index (χ1n) is 8.86. The van der Waals surface area contributed by atoms with Crippen molar-refractivity contribution in [2.75, 3.05) is 51.2 Å². The number of nitrogens with zero attached hydrogens (tertiary/aromatic N) is 4. The van der Waals surface area contributed by atoms with E-state index in [1.54, 1.807) is 19.3 Å². The normalized spacial score (nSPS) is 15.2. The van der Waals surface area contributed by atoms with Crippen LogP contribution >= 0.6 is 46.9 Å². The van der Waals surface area contributed by atoms with Crippen molar-refractivity contribution < 1.29 is 8.42 Å². The lowest BCUT2D eigenvalue weighted by atomic mass is 10.3. The number of aliphatic imine (C=N–C) groups is 1. The first kappa shape index (κ1) is 24.1. The number of aromatic nitrogens is 1. The van der Waals surface area contributed by atoms with Crippen LogP contribution in [0.3, 0.4) is 0 Å². The van der Waals surface area contributed by atoms with Gasteiger partial charge < -0.3 is 15.1 Å². The molecule has 1 fully saturated rings. The van der Waals surface area contributed by atoms with Crippen molar-refractivity contribution in [3.63, 3.8) is 0 Å². The van der Waals surface area contributed by atoms with Crippen molar-refractivity contribution in [2.24, 2.45) is 4.99 Å². The van der Waals surface area contributed by atoms with Crippen LogP contribution in [0.4, 0.5) is 5.82 Å². The number of halogens is 2. The summed E-state index contributed by atoms with van der Waals surface area (Å²) in [5.74, 6) is 1.74. The van der Waals surface area contributed by atoms with E-state index in [0.717, 1.165) is 49.3 Å². The standard InChI is InChI=1S/C17H23ClN6O2S2.HI/c1-19-17(21-8-9-22-28(25,26)16-6-5-14(18)27-16)24-12-10-23(11-13-24)15-4-2-3-7-20-15;/h2-7,22H,8-13H2,1H3,(H,19,21);1H. The number of sulfonamides is 1. The number of rotatable bonds is 6. The van der Waals surface area contributed by atoms with Gasteiger partial charge in [-0.1, -0.05) is 17.7 Å². The monoisotopic (exact) mass is 570 g/mol. The van der Waals surface area contributed by atoms with E-state index in [-0.39, 0.29) is 34.7 Å². The zero-order valence-corrected chi connectivity index (χ0v) is 20.6. The first-order chi connectivity index (χ1) is 13.5. The van der Waals surface area contributed by atoms with Crippen LogP contribution in [-0.4, -0.2) is 70.6 Å². The molecule has 0 aromatic carbocycles. The van der Waals surface area contributed by atoms with Crippen LogP contribution in [0, 0.1) is 0 Å². The third-order valence-electron chi connectivity index (χ3n) is 4.28. The second-order valence-electron chi connectivity index (χ2n) is 6.09. The third kappa shape index (κ3) is 6.67. The molecule has 0 bridgehead atoms. The summed E-state index contributed by atoms with van der Waals surface area (Å²) >= 11 is 6.85. The van der Waals surface area contributed by atoms with Crippen molar-refractivity contribution in [1.29, 1.82) is 0 Å². The Labute approximate surface area is 197 Å². The van der Waals surface area contributed by atoms with E-state index in [0.29, 0.717) is 10.9 Å². The van der Waals surface area contributed by atoms with Gasteiger partial charge in [0, 0.05) is 52.5 Å². The molecule has 3 heterocycles. The molecule has 12 heteroatoms. The number of nitrogens with one attached hydrogen (secondary N) is 2. The molecule has 0 amide bonds. The molecule has 160 valence electrons. The molecule has 2 aromatic rings. The van der Waals surface area contributed by atoms with E-state index < -0.39 is 10.0 Å². The van der Waals surface area contributed by atoms with E-state index in [2.05, 4.69) is 29.8 Å². The number of guanidine groups is 1. The Kier molecular flexibility index (Phi) is 9.40. The highest BCUT2D eigenvalue weighted by Crippen LogP contribution is 2.25. The van der Waals surface area contributed by atoms with Crippen molar-refractivity contribution in [2.45, 2.75) is 4.21 Å². The second kappa shape index (κ2) is 11.3. The van der Waals surface area contributed by atoms with Gasteiger partial charge in [-0.05, 0) is 24.3 Å².